The third kappa shape index (κ3) is 3.34. The summed E-state index contributed by atoms with van der Waals surface area (Å²) >= 11 is 1.20. The van der Waals surface area contributed by atoms with Gasteiger partial charge in [0.05, 0.1) is 18.9 Å². The molecule has 2 aliphatic heterocycles. The van der Waals surface area contributed by atoms with Crippen LogP contribution in [0.2, 0.25) is 0 Å². The van der Waals surface area contributed by atoms with Gasteiger partial charge in [-0.25, -0.2) is 4.98 Å². The number of fused-ring (bicyclic) bond motifs is 1. The number of rotatable bonds is 4. The van der Waals surface area contributed by atoms with Crippen LogP contribution in [0.4, 0.5) is 5.13 Å². The molecule has 0 bridgehead atoms. The van der Waals surface area contributed by atoms with Gasteiger partial charge >= 0.3 is 0 Å². The first kappa shape index (κ1) is 14.7. The lowest BCUT2D eigenvalue weighted by molar-refractivity contribution is -0.0566. The number of aliphatic hydroxyl groups excluding tert-OH is 1. The predicted molar refractivity (Wildman–Crippen MR) is 79.2 cm³/mol. The lowest BCUT2D eigenvalue weighted by atomic mass is 10.1. The quantitative estimate of drug-likeness (QED) is 0.704. The Morgan fingerprint density at radius 3 is 3.19 bits per heavy atom. The first-order valence-electron chi connectivity index (χ1n) is 7.14. The summed E-state index contributed by atoms with van der Waals surface area (Å²) in [6.45, 7) is 2.47. The molecule has 3 heterocycles. The molecule has 21 heavy (non-hydrogen) atoms. The Hall–Kier alpha value is -1.22. The summed E-state index contributed by atoms with van der Waals surface area (Å²) in [5, 5.41) is 12.4. The second kappa shape index (κ2) is 6.27. The van der Waals surface area contributed by atoms with E-state index in [-0.39, 0.29) is 24.7 Å². The highest BCUT2D eigenvalue weighted by Gasteiger charge is 2.37. The third-order valence-corrected chi connectivity index (χ3v) is 4.85. The van der Waals surface area contributed by atoms with E-state index in [1.165, 1.54) is 17.5 Å². The zero-order valence-electron chi connectivity index (χ0n) is 11.7. The van der Waals surface area contributed by atoms with Gasteiger partial charge in [0.2, 0.25) is 0 Å². The number of nitrogens with zero attached hydrogens (tertiary/aromatic N) is 2. The van der Waals surface area contributed by atoms with Gasteiger partial charge in [-0.3, -0.25) is 9.69 Å². The van der Waals surface area contributed by atoms with Crippen LogP contribution in [-0.2, 0) is 4.74 Å². The molecule has 2 saturated heterocycles. The molecule has 0 saturated carbocycles. The van der Waals surface area contributed by atoms with Gasteiger partial charge in [0.15, 0.2) is 5.13 Å². The van der Waals surface area contributed by atoms with Crippen LogP contribution in [0.3, 0.4) is 0 Å². The Morgan fingerprint density at radius 1 is 1.62 bits per heavy atom. The molecule has 1 aromatic rings. The van der Waals surface area contributed by atoms with Crippen molar-refractivity contribution in [1.82, 2.24) is 15.2 Å². The van der Waals surface area contributed by atoms with Crippen molar-refractivity contribution < 1.29 is 14.6 Å². The van der Waals surface area contributed by atoms with Gasteiger partial charge in [0.25, 0.3) is 5.91 Å². The number of amides is 1. The molecule has 0 radical (unpaired) electrons. The minimum Gasteiger partial charge on any atom is -0.396 e. The fourth-order valence-electron chi connectivity index (χ4n) is 3.01. The Kier molecular flexibility index (Phi) is 4.39. The SMILES string of the molecule is Nc1ncc(C(=O)N[C@H]2C[C@H]3CO[C@@H](CCO)CN3C2)s1. The maximum absolute atomic E-state index is 12.1. The van der Waals surface area contributed by atoms with Gasteiger partial charge in [-0.2, -0.15) is 0 Å². The Bertz CT molecular complexity index is 509. The van der Waals surface area contributed by atoms with Crippen LogP contribution >= 0.6 is 11.3 Å². The van der Waals surface area contributed by atoms with E-state index in [1.54, 1.807) is 0 Å². The third-order valence-electron chi connectivity index (χ3n) is 4.02. The number of carbonyl (C=O) groups excluding carboxylic acids is 1. The number of hydrogen-bond acceptors (Lipinski definition) is 7. The van der Waals surface area contributed by atoms with E-state index >= 15 is 0 Å². The van der Waals surface area contributed by atoms with Crippen molar-refractivity contribution in [3.05, 3.63) is 11.1 Å². The van der Waals surface area contributed by atoms with Crippen molar-refractivity contribution in [2.75, 3.05) is 32.0 Å². The summed E-state index contributed by atoms with van der Waals surface area (Å²) in [6, 6.07) is 0.485. The van der Waals surface area contributed by atoms with Crippen molar-refractivity contribution in [2.24, 2.45) is 0 Å². The highest BCUT2D eigenvalue weighted by atomic mass is 32.1. The van der Waals surface area contributed by atoms with Crippen LogP contribution in [0.5, 0.6) is 0 Å². The molecular weight excluding hydrogens is 292 g/mol. The molecule has 0 aromatic carbocycles. The highest BCUT2D eigenvalue weighted by Crippen LogP contribution is 2.25. The number of nitrogen functional groups attached to an aromatic ring is 1. The highest BCUT2D eigenvalue weighted by molar-refractivity contribution is 7.17. The largest absolute Gasteiger partial charge is 0.396 e. The minimum absolute atomic E-state index is 0.0991. The molecule has 0 spiro atoms. The van der Waals surface area contributed by atoms with Crippen LogP contribution in [0.25, 0.3) is 0 Å². The fourth-order valence-corrected chi connectivity index (χ4v) is 3.60. The monoisotopic (exact) mass is 312 g/mol. The Morgan fingerprint density at radius 2 is 2.48 bits per heavy atom. The minimum atomic E-state index is -0.109. The molecule has 3 atom stereocenters. The van der Waals surface area contributed by atoms with Crippen molar-refractivity contribution in [3.63, 3.8) is 0 Å². The van der Waals surface area contributed by atoms with E-state index in [9.17, 15) is 4.79 Å². The smallest absolute Gasteiger partial charge is 0.263 e. The average molecular weight is 312 g/mol. The molecule has 2 aliphatic rings. The van der Waals surface area contributed by atoms with E-state index in [1.807, 2.05) is 0 Å². The maximum atomic E-state index is 12.1. The number of thiazole rings is 1. The van der Waals surface area contributed by atoms with Gasteiger partial charge in [-0.05, 0) is 12.8 Å². The maximum Gasteiger partial charge on any atom is 0.263 e. The fraction of sp³-hybridized carbons (Fsp3) is 0.692. The van der Waals surface area contributed by atoms with Crippen molar-refractivity contribution in [1.29, 1.82) is 0 Å². The second-order valence-electron chi connectivity index (χ2n) is 5.54. The molecule has 4 N–H and O–H groups in total. The number of carbonyl (C=O) groups is 1. The van der Waals surface area contributed by atoms with E-state index in [4.69, 9.17) is 15.6 Å². The van der Waals surface area contributed by atoms with Gasteiger partial charge in [-0.1, -0.05) is 11.3 Å². The molecule has 3 rings (SSSR count). The molecule has 0 unspecified atom stereocenters. The Balaban J connectivity index is 1.54. The predicted octanol–water partition coefficient (Wildman–Crippen LogP) is -0.321. The summed E-state index contributed by atoms with van der Waals surface area (Å²) < 4.78 is 5.73. The van der Waals surface area contributed by atoms with Crippen LogP contribution in [0.1, 0.15) is 22.5 Å². The van der Waals surface area contributed by atoms with Crippen LogP contribution in [-0.4, -0.2) is 65.4 Å². The normalized spacial score (nSPS) is 29.3. The van der Waals surface area contributed by atoms with E-state index in [0.717, 1.165) is 19.5 Å². The molecule has 2 fully saturated rings. The number of nitrogens with one attached hydrogen (secondary N) is 1. The molecule has 116 valence electrons. The number of morpholine rings is 1. The van der Waals surface area contributed by atoms with Crippen molar-refractivity contribution in [3.8, 4) is 0 Å². The van der Waals surface area contributed by atoms with E-state index < -0.39 is 0 Å². The van der Waals surface area contributed by atoms with E-state index in [0.29, 0.717) is 29.1 Å². The number of anilines is 1. The van der Waals surface area contributed by atoms with Gasteiger partial charge in [0.1, 0.15) is 4.88 Å². The number of nitrogens with two attached hydrogens (primary N) is 1. The topological polar surface area (TPSA) is 101 Å². The number of hydrogen-bond donors (Lipinski definition) is 3. The summed E-state index contributed by atoms with van der Waals surface area (Å²) in [4.78, 5) is 18.9. The van der Waals surface area contributed by atoms with Crippen LogP contribution < -0.4 is 11.1 Å². The number of aromatic nitrogens is 1. The first-order chi connectivity index (χ1) is 10.2. The number of ether oxygens (including phenoxy) is 1. The van der Waals surface area contributed by atoms with E-state index in [2.05, 4.69) is 15.2 Å². The average Bonchev–Trinajstić information content (AvgIpc) is 3.04. The molecule has 1 aromatic heterocycles. The molecule has 7 nitrogen and oxygen atoms in total. The standard InChI is InChI=1S/C13H20N4O3S/c14-13-15-4-11(21-13)12(19)16-8-3-9-7-20-10(1-2-18)6-17(9)5-8/h4,8-10,18H,1-3,5-7H2,(H2,14,15)(H,16,19)/t8-,9-,10-/m0/s1. The summed E-state index contributed by atoms with van der Waals surface area (Å²) in [6.07, 6.45) is 3.17. The molecule has 1 amide bonds. The van der Waals surface area contributed by atoms with Gasteiger partial charge < -0.3 is 20.9 Å². The molecule has 8 heteroatoms. The molecule has 0 aliphatic carbocycles. The Labute approximate surface area is 127 Å². The lowest BCUT2D eigenvalue weighted by Gasteiger charge is -2.34. The van der Waals surface area contributed by atoms with Crippen molar-refractivity contribution >= 4 is 22.4 Å². The van der Waals surface area contributed by atoms with Gasteiger partial charge in [-0.15, -0.1) is 0 Å². The first-order valence-corrected chi connectivity index (χ1v) is 7.96. The number of aliphatic hydroxyl groups is 1. The van der Waals surface area contributed by atoms with Crippen LogP contribution in [0.15, 0.2) is 6.20 Å². The van der Waals surface area contributed by atoms with Crippen LogP contribution in [0, 0.1) is 0 Å². The zero-order valence-corrected chi connectivity index (χ0v) is 12.5. The van der Waals surface area contributed by atoms with Gasteiger partial charge in [0, 0.05) is 31.8 Å². The van der Waals surface area contributed by atoms with Crippen molar-refractivity contribution in [2.45, 2.75) is 31.0 Å². The molecular formula is C13H20N4O3S. The zero-order chi connectivity index (χ0) is 14.8. The summed E-state index contributed by atoms with van der Waals surface area (Å²) in [5.74, 6) is -0.109. The lowest BCUT2D eigenvalue weighted by Crippen LogP contribution is -2.46. The second-order valence-corrected chi connectivity index (χ2v) is 6.61. The summed E-state index contributed by atoms with van der Waals surface area (Å²) in [7, 11) is 0. The summed E-state index contributed by atoms with van der Waals surface area (Å²) in [5.41, 5.74) is 5.55.